The third kappa shape index (κ3) is 2.96. The van der Waals surface area contributed by atoms with Gasteiger partial charge < -0.3 is 9.40 Å². The van der Waals surface area contributed by atoms with Crippen LogP contribution in [0.3, 0.4) is 0 Å². The topological polar surface area (TPSA) is 65.6 Å². The molecule has 0 radical (unpaired) electrons. The number of furan rings is 1. The molecular formula is C21H15N3O. The number of nitriles is 1. The average molecular weight is 325 g/mol. The molecule has 0 aliphatic carbocycles. The highest BCUT2D eigenvalue weighted by Gasteiger charge is 2.10. The van der Waals surface area contributed by atoms with E-state index in [0.717, 1.165) is 27.9 Å². The highest BCUT2D eigenvalue weighted by molar-refractivity contribution is 5.89. The van der Waals surface area contributed by atoms with Crippen molar-refractivity contribution in [2.75, 3.05) is 0 Å². The van der Waals surface area contributed by atoms with E-state index in [-0.39, 0.29) is 0 Å². The fourth-order valence-corrected chi connectivity index (χ4v) is 2.73. The first kappa shape index (κ1) is 15.0. The van der Waals surface area contributed by atoms with Gasteiger partial charge in [-0.05, 0) is 36.8 Å². The molecule has 0 aliphatic heterocycles. The van der Waals surface area contributed by atoms with E-state index in [9.17, 15) is 5.26 Å². The molecule has 4 rings (SSSR count). The predicted octanol–water partition coefficient (Wildman–Crippen LogP) is 5.20. The van der Waals surface area contributed by atoms with Crippen molar-refractivity contribution in [3.63, 3.8) is 0 Å². The minimum Gasteiger partial charge on any atom is -0.457 e. The minimum absolute atomic E-state index is 0.433. The van der Waals surface area contributed by atoms with Crippen molar-refractivity contribution < 1.29 is 4.42 Å². The first-order valence-electron chi connectivity index (χ1n) is 7.97. The maximum atomic E-state index is 9.52. The highest BCUT2D eigenvalue weighted by Crippen LogP contribution is 2.25. The molecular weight excluding hydrogens is 310 g/mol. The number of imidazole rings is 1. The van der Waals surface area contributed by atoms with Crippen LogP contribution in [0.1, 0.15) is 17.1 Å². The van der Waals surface area contributed by atoms with E-state index < -0.39 is 0 Å². The van der Waals surface area contributed by atoms with Crippen molar-refractivity contribution >= 4 is 22.7 Å². The largest absolute Gasteiger partial charge is 0.457 e. The Hall–Kier alpha value is -3.58. The summed E-state index contributed by atoms with van der Waals surface area (Å²) in [5, 5.41) is 9.52. The molecule has 0 unspecified atom stereocenters. The lowest BCUT2D eigenvalue weighted by atomic mass is 10.2. The fraction of sp³-hybridized carbons (Fsp3) is 0.0476. The third-order valence-electron chi connectivity index (χ3n) is 3.98. The van der Waals surface area contributed by atoms with Gasteiger partial charge in [0.05, 0.1) is 16.6 Å². The molecule has 2 aromatic heterocycles. The number of fused-ring (bicyclic) bond motifs is 1. The van der Waals surface area contributed by atoms with Crippen molar-refractivity contribution in [3.8, 4) is 17.4 Å². The van der Waals surface area contributed by atoms with Crippen LogP contribution in [0.5, 0.6) is 0 Å². The molecule has 0 amide bonds. The van der Waals surface area contributed by atoms with Gasteiger partial charge in [0, 0.05) is 11.6 Å². The van der Waals surface area contributed by atoms with E-state index in [4.69, 9.17) is 4.42 Å². The molecule has 4 nitrogen and oxygen atoms in total. The molecule has 120 valence electrons. The van der Waals surface area contributed by atoms with Crippen LogP contribution in [-0.2, 0) is 0 Å². The first-order valence-corrected chi connectivity index (χ1v) is 7.97. The van der Waals surface area contributed by atoms with Crippen LogP contribution < -0.4 is 0 Å². The summed E-state index contributed by atoms with van der Waals surface area (Å²) in [6.07, 6.45) is 1.71. The number of hydrogen-bond acceptors (Lipinski definition) is 3. The number of hydrogen-bond donors (Lipinski definition) is 1. The molecule has 0 spiro atoms. The van der Waals surface area contributed by atoms with Crippen LogP contribution in [0, 0.1) is 18.3 Å². The van der Waals surface area contributed by atoms with Gasteiger partial charge in [-0.3, -0.25) is 0 Å². The highest BCUT2D eigenvalue weighted by atomic mass is 16.3. The maximum Gasteiger partial charge on any atom is 0.149 e. The number of aryl methyl sites for hydroxylation is 1. The van der Waals surface area contributed by atoms with Crippen molar-refractivity contribution in [3.05, 3.63) is 77.8 Å². The Labute approximate surface area is 145 Å². The third-order valence-corrected chi connectivity index (χ3v) is 3.98. The number of nitrogens with one attached hydrogen (secondary N) is 1. The van der Waals surface area contributed by atoms with Gasteiger partial charge in [-0.25, -0.2) is 4.98 Å². The van der Waals surface area contributed by atoms with Gasteiger partial charge >= 0.3 is 0 Å². The van der Waals surface area contributed by atoms with E-state index in [0.29, 0.717) is 17.2 Å². The zero-order valence-corrected chi connectivity index (χ0v) is 13.7. The number of aromatic nitrogens is 2. The number of rotatable bonds is 3. The minimum atomic E-state index is 0.433. The van der Waals surface area contributed by atoms with E-state index in [1.165, 1.54) is 0 Å². The second-order valence-corrected chi connectivity index (χ2v) is 5.84. The summed E-state index contributed by atoms with van der Waals surface area (Å²) in [6, 6.07) is 21.8. The molecule has 0 fully saturated rings. The van der Waals surface area contributed by atoms with Crippen molar-refractivity contribution in [1.82, 2.24) is 9.97 Å². The molecule has 25 heavy (non-hydrogen) atoms. The lowest BCUT2D eigenvalue weighted by molar-refractivity contribution is 0.572. The van der Waals surface area contributed by atoms with Gasteiger partial charge in [-0.15, -0.1) is 0 Å². The SMILES string of the molecule is Cc1ccc2nc(/C(C#N)=C\c3ccc(-c4ccccc4)o3)[nH]c2c1. The van der Waals surface area contributed by atoms with E-state index in [1.807, 2.05) is 67.6 Å². The Balaban J connectivity index is 1.71. The van der Waals surface area contributed by atoms with Crippen LogP contribution >= 0.6 is 0 Å². The second kappa shape index (κ2) is 6.14. The Morgan fingerprint density at radius 2 is 1.96 bits per heavy atom. The van der Waals surface area contributed by atoms with Crippen molar-refractivity contribution in [2.45, 2.75) is 6.92 Å². The smallest absolute Gasteiger partial charge is 0.149 e. The molecule has 0 bridgehead atoms. The zero-order valence-electron chi connectivity index (χ0n) is 13.7. The van der Waals surface area contributed by atoms with Crippen molar-refractivity contribution in [1.29, 1.82) is 5.26 Å². The van der Waals surface area contributed by atoms with Crippen LogP contribution in [0.15, 0.2) is 65.1 Å². The van der Waals surface area contributed by atoms with Crippen LogP contribution in [0.4, 0.5) is 0 Å². The van der Waals surface area contributed by atoms with Gasteiger partial charge in [0.2, 0.25) is 0 Å². The number of benzene rings is 2. The second-order valence-electron chi connectivity index (χ2n) is 5.84. The summed E-state index contributed by atoms with van der Waals surface area (Å²) in [5.74, 6) is 1.93. The average Bonchev–Trinajstić information content (AvgIpc) is 3.26. The summed E-state index contributed by atoms with van der Waals surface area (Å²) in [7, 11) is 0. The molecule has 1 N–H and O–H groups in total. The Morgan fingerprint density at radius 3 is 2.76 bits per heavy atom. The number of nitrogens with zero attached hydrogens (tertiary/aromatic N) is 2. The summed E-state index contributed by atoms with van der Waals surface area (Å²) >= 11 is 0. The monoisotopic (exact) mass is 325 g/mol. The molecule has 4 aromatic rings. The lowest BCUT2D eigenvalue weighted by Crippen LogP contribution is -1.84. The van der Waals surface area contributed by atoms with Crippen LogP contribution in [0.2, 0.25) is 0 Å². The summed E-state index contributed by atoms with van der Waals surface area (Å²) in [4.78, 5) is 7.70. The van der Waals surface area contributed by atoms with Crippen molar-refractivity contribution in [2.24, 2.45) is 0 Å². The first-order chi connectivity index (χ1) is 12.2. The van der Waals surface area contributed by atoms with Gasteiger partial charge in [-0.1, -0.05) is 36.4 Å². The molecule has 0 saturated carbocycles. The standard InChI is InChI=1S/C21H15N3O/c1-14-7-9-18-19(11-14)24-21(23-18)16(13-22)12-17-8-10-20(25-17)15-5-3-2-4-6-15/h2-12H,1H3,(H,23,24)/b16-12-. The molecule has 0 aliphatic rings. The van der Waals surface area contributed by atoms with Crippen LogP contribution in [-0.4, -0.2) is 9.97 Å². The van der Waals surface area contributed by atoms with Gasteiger partial charge in [-0.2, -0.15) is 5.26 Å². The van der Waals surface area contributed by atoms with Gasteiger partial charge in [0.1, 0.15) is 23.4 Å². The zero-order chi connectivity index (χ0) is 17.2. The normalized spacial score (nSPS) is 11.6. The Morgan fingerprint density at radius 1 is 1.12 bits per heavy atom. The summed E-state index contributed by atoms with van der Waals surface area (Å²) < 4.78 is 5.85. The lowest BCUT2D eigenvalue weighted by Gasteiger charge is -1.95. The Kier molecular flexibility index (Phi) is 3.68. The van der Waals surface area contributed by atoms with E-state index >= 15 is 0 Å². The number of H-pyrrole nitrogens is 1. The predicted molar refractivity (Wildman–Crippen MR) is 98.5 cm³/mol. The number of allylic oxidation sites excluding steroid dienone is 1. The molecule has 2 heterocycles. The van der Waals surface area contributed by atoms with Gasteiger partial charge in [0.25, 0.3) is 0 Å². The quantitative estimate of drug-likeness (QED) is 0.527. The molecule has 0 saturated heterocycles. The molecule has 0 atom stereocenters. The maximum absolute atomic E-state index is 9.52. The summed E-state index contributed by atoms with van der Waals surface area (Å²) in [6.45, 7) is 2.02. The Bertz CT molecular complexity index is 1110. The van der Waals surface area contributed by atoms with Crippen LogP contribution in [0.25, 0.3) is 34.0 Å². The molecule has 4 heteroatoms. The summed E-state index contributed by atoms with van der Waals surface area (Å²) in [5.41, 5.74) is 4.33. The molecule has 2 aromatic carbocycles. The van der Waals surface area contributed by atoms with E-state index in [1.54, 1.807) is 6.08 Å². The number of aromatic amines is 1. The van der Waals surface area contributed by atoms with Gasteiger partial charge in [0.15, 0.2) is 0 Å². The fourth-order valence-electron chi connectivity index (χ4n) is 2.73. The van der Waals surface area contributed by atoms with E-state index in [2.05, 4.69) is 16.0 Å².